The lowest BCUT2D eigenvalue weighted by molar-refractivity contribution is 0.0571. The van der Waals surface area contributed by atoms with Gasteiger partial charge in [-0.3, -0.25) is 14.7 Å². The summed E-state index contributed by atoms with van der Waals surface area (Å²) in [5.41, 5.74) is 1.07. The third kappa shape index (κ3) is 3.56. The van der Waals surface area contributed by atoms with Gasteiger partial charge in [0, 0.05) is 37.1 Å². The van der Waals surface area contributed by atoms with Crippen molar-refractivity contribution in [3.63, 3.8) is 0 Å². The van der Waals surface area contributed by atoms with Crippen molar-refractivity contribution >= 4 is 28.8 Å². The van der Waals surface area contributed by atoms with Gasteiger partial charge in [-0.2, -0.15) is 0 Å². The molecular formula is C22H22FN3O2S. The smallest absolute Gasteiger partial charge is 0.261 e. The molecule has 150 valence electrons. The Kier molecular flexibility index (Phi) is 5.19. The van der Waals surface area contributed by atoms with Crippen molar-refractivity contribution in [3.8, 4) is 5.75 Å². The van der Waals surface area contributed by atoms with Crippen LogP contribution in [0.4, 0.5) is 4.39 Å². The number of aliphatic imine (C=N–C) groups is 1. The third-order valence-electron chi connectivity index (χ3n) is 5.57. The minimum absolute atomic E-state index is 0.195. The minimum Gasteiger partial charge on any atom is -0.497 e. The molecule has 1 saturated heterocycles. The summed E-state index contributed by atoms with van der Waals surface area (Å²) in [6.45, 7) is 1.62. The molecule has 2 aromatic rings. The van der Waals surface area contributed by atoms with Gasteiger partial charge in [0.25, 0.3) is 5.91 Å². The molecule has 4 rings (SSSR count). The molecule has 0 saturated carbocycles. The number of rotatable bonds is 3. The molecule has 1 fully saturated rings. The quantitative estimate of drug-likeness (QED) is 0.725. The maximum absolute atomic E-state index is 13.5. The van der Waals surface area contributed by atoms with E-state index in [4.69, 9.17) is 21.9 Å². The second-order valence-electron chi connectivity index (χ2n) is 7.43. The Bertz CT molecular complexity index is 982. The molecule has 0 unspecified atom stereocenters. The summed E-state index contributed by atoms with van der Waals surface area (Å²) in [5.74, 6) is 0.0916. The Morgan fingerprint density at radius 2 is 1.86 bits per heavy atom. The fraction of sp³-hybridized carbons (Fsp3) is 0.318. The van der Waals surface area contributed by atoms with Gasteiger partial charge in [-0.15, -0.1) is 0 Å². The number of ether oxygens (including phenoxy) is 1. The number of methoxy groups -OCH3 is 1. The van der Waals surface area contributed by atoms with Crippen LogP contribution in [-0.4, -0.2) is 59.3 Å². The summed E-state index contributed by atoms with van der Waals surface area (Å²) in [7, 11) is 3.62. The second kappa shape index (κ2) is 7.65. The highest BCUT2D eigenvalue weighted by molar-refractivity contribution is 7.82. The van der Waals surface area contributed by atoms with Gasteiger partial charge in [0.2, 0.25) is 0 Å². The molecule has 0 bridgehead atoms. The molecule has 0 radical (unpaired) electrons. The Hall–Kier alpha value is -2.64. The molecular weight excluding hydrogens is 389 g/mol. The van der Waals surface area contributed by atoms with E-state index in [9.17, 15) is 9.18 Å². The molecule has 2 heterocycles. The number of thiocarbonyl (C=S) groups is 1. The molecule has 29 heavy (non-hydrogen) atoms. The van der Waals surface area contributed by atoms with E-state index >= 15 is 0 Å². The predicted octanol–water partition coefficient (Wildman–Crippen LogP) is 3.53. The zero-order chi connectivity index (χ0) is 20.6. The van der Waals surface area contributed by atoms with Gasteiger partial charge in [0.1, 0.15) is 27.9 Å². The van der Waals surface area contributed by atoms with E-state index in [-0.39, 0.29) is 11.7 Å². The molecule has 2 aromatic carbocycles. The van der Waals surface area contributed by atoms with E-state index in [0.717, 1.165) is 18.7 Å². The summed E-state index contributed by atoms with van der Waals surface area (Å²) in [5, 5.41) is 0. The summed E-state index contributed by atoms with van der Waals surface area (Å²) in [4.78, 5) is 22.8. The first-order chi connectivity index (χ1) is 13.9. The second-order valence-corrected chi connectivity index (χ2v) is 7.82. The van der Waals surface area contributed by atoms with Crippen molar-refractivity contribution in [1.29, 1.82) is 0 Å². The van der Waals surface area contributed by atoms with Crippen LogP contribution in [0.2, 0.25) is 0 Å². The summed E-state index contributed by atoms with van der Waals surface area (Å²) in [6, 6.07) is 13.1. The summed E-state index contributed by atoms with van der Waals surface area (Å²) >= 11 is 5.73. The van der Waals surface area contributed by atoms with Crippen molar-refractivity contribution in [2.75, 3.05) is 27.2 Å². The van der Waals surface area contributed by atoms with E-state index in [1.165, 1.54) is 12.1 Å². The van der Waals surface area contributed by atoms with Crippen molar-refractivity contribution in [3.05, 3.63) is 65.5 Å². The first-order valence-electron chi connectivity index (χ1n) is 9.51. The van der Waals surface area contributed by atoms with Gasteiger partial charge >= 0.3 is 0 Å². The number of hydrogen-bond donors (Lipinski definition) is 0. The maximum Gasteiger partial charge on any atom is 0.261 e. The van der Waals surface area contributed by atoms with Crippen LogP contribution >= 0.6 is 12.2 Å². The number of piperidine rings is 1. The first kappa shape index (κ1) is 19.7. The van der Waals surface area contributed by atoms with Crippen LogP contribution < -0.4 is 4.74 Å². The van der Waals surface area contributed by atoms with Gasteiger partial charge in [-0.25, -0.2) is 4.39 Å². The van der Waals surface area contributed by atoms with Crippen molar-refractivity contribution in [2.45, 2.75) is 18.5 Å². The SMILES string of the molecule is COc1cccc(C(=O)N2C(=S)C(c3ccc(F)cc3)=NC23CCN(C)CC3)c1. The highest BCUT2D eigenvalue weighted by atomic mass is 32.1. The molecule has 1 amide bonds. The lowest BCUT2D eigenvalue weighted by Gasteiger charge is -2.41. The summed E-state index contributed by atoms with van der Waals surface area (Å²) in [6.07, 6.45) is 1.37. The minimum atomic E-state index is -0.715. The molecule has 0 N–H and O–H groups in total. The molecule has 5 nitrogen and oxygen atoms in total. The largest absolute Gasteiger partial charge is 0.497 e. The molecule has 0 atom stereocenters. The van der Waals surface area contributed by atoms with Crippen molar-refractivity contribution < 1.29 is 13.9 Å². The Labute approximate surface area is 174 Å². The standard InChI is InChI=1S/C22H22FN3O2S/c1-25-12-10-22(11-13-25)24-19(15-6-8-17(23)9-7-15)21(29)26(22)20(27)16-4-3-5-18(14-16)28-2/h3-9,14H,10-13H2,1-2H3. The Balaban J connectivity index is 1.76. The van der Waals surface area contributed by atoms with Crippen LogP contribution in [0.15, 0.2) is 53.5 Å². The number of likely N-dealkylation sites (tertiary alicyclic amines) is 1. The zero-order valence-electron chi connectivity index (χ0n) is 16.4. The van der Waals surface area contributed by atoms with Crippen LogP contribution in [0.3, 0.4) is 0 Å². The Morgan fingerprint density at radius 3 is 2.52 bits per heavy atom. The van der Waals surface area contributed by atoms with E-state index in [1.54, 1.807) is 48.4 Å². The van der Waals surface area contributed by atoms with Crippen LogP contribution in [0.25, 0.3) is 0 Å². The lowest BCUT2D eigenvalue weighted by Crippen LogP contribution is -2.54. The average molecular weight is 412 g/mol. The van der Waals surface area contributed by atoms with Crippen molar-refractivity contribution in [2.24, 2.45) is 4.99 Å². The molecule has 2 aliphatic heterocycles. The molecule has 0 aromatic heterocycles. The topological polar surface area (TPSA) is 45.1 Å². The van der Waals surface area contributed by atoms with Gasteiger partial charge in [-0.1, -0.05) is 18.3 Å². The third-order valence-corrected chi connectivity index (χ3v) is 5.94. The van der Waals surface area contributed by atoms with Crippen molar-refractivity contribution in [1.82, 2.24) is 9.80 Å². The summed E-state index contributed by atoms with van der Waals surface area (Å²) < 4.78 is 18.7. The van der Waals surface area contributed by atoms with Crippen LogP contribution in [0.1, 0.15) is 28.8 Å². The lowest BCUT2D eigenvalue weighted by atomic mass is 9.95. The molecule has 2 aliphatic rings. The van der Waals surface area contributed by atoms with E-state index in [0.29, 0.717) is 34.9 Å². The highest BCUT2D eigenvalue weighted by Gasteiger charge is 2.49. The predicted molar refractivity (Wildman–Crippen MR) is 114 cm³/mol. The van der Waals surface area contributed by atoms with Gasteiger partial charge in [0.05, 0.1) is 7.11 Å². The van der Waals surface area contributed by atoms with Gasteiger partial charge in [-0.05, 0) is 49.5 Å². The molecule has 0 aliphatic carbocycles. The van der Waals surface area contributed by atoms with Crippen LogP contribution in [0, 0.1) is 5.82 Å². The average Bonchev–Trinajstić information content (AvgIpc) is 3.02. The highest BCUT2D eigenvalue weighted by Crippen LogP contribution is 2.38. The zero-order valence-corrected chi connectivity index (χ0v) is 17.2. The van der Waals surface area contributed by atoms with E-state index < -0.39 is 5.66 Å². The number of hydrogen-bond acceptors (Lipinski definition) is 5. The van der Waals surface area contributed by atoms with E-state index in [1.807, 2.05) is 0 Å². The normalized spacial score (nSPS) is 18.8. The number of carbonyl (C=O) groups excluding carboxylic acids is 1. The van der Waals surface area contributed by atoms with Gasteiger partial charge in [0.15, 0.2) is 0 Å². The van der Waals surface area contributed by atoms with E-state index in [2.05, 4.69) is 11.9 Å². The number of nitrogens with zero attached hydrogens (tertiary/aromatic N) is 3. The number of amides is 1. The first-order valence-corrected chi connectivity index (χ1v) is 9.92. The molecule has 7 heteroatoms. The van der Waals surface area contributed by atoms with Crippen LogP contribution in [-0.2, 0) is 0 Å². The fourth-order valence-electron chi connectivity index (χ4n) is 3.88. The maximum atomic E-state index is 13.5. The Morgan fingerprint density at radius 1 is 1.17 bits per heavy atom. The number of benzene rings is 2. The monoisotopic (exact) mass is 411 g/mol. The van der Waals surface area contributed by atoms with Gasteiger partial charge < -0.3 is 9.64 Å². The number of halogens is 1. The fourth-order valence-corrected chi connectivity index (χ4v) is 4.29. The van der Waals surface area contributed by atoms with Crippen LogP contribution in [0.5, 0.6) is 5.75 Å². The molecule has 1 spiro atoms. The number of carbonyl (C=O) groups is 1.